The van der Waals surface area contributed by atoms with Gasteiger partial charge in [-0.1, -0.05) is 20.4 Å². The molecule has 96 valence electrons. The zero-order chi connectivity index (χ0) is 13.3. The Morgan fingerprint density at radius 3 is 2.35 bits per heavy atom. The Hall–Kier alpha value is -1.62. The fraction of sp³-hybridized carbons (Fsp3) is 0.500. The number of likely N-dealkylation sites (N-methyl/N-ethyl adjacent to an activating group) is 1. The van der Waals surface area contributed by atoms with Crippen molar-refractivity contribution in [2.45, 2.75) is 13.8 Å². The molecule has 5 nitrogen and oxygen atoms in total. The Morgan fingerprint density at radius 1 is 1.29 bits per heavy atom. The molecule has 0 unspecified atom stereocenters. The first-order valence-electron chi connectivity index (χ1n) is 5.47. The zero-order valence-electron chi connectivity index (χ0n) is 10.4. The molecule has 0 aromatic heterocycles. The summed E-state index contributed by atoms with van der Waals surface area (Å²) in [6.45, 7) is 13.2. The Bertz CT molecular complexity index is 295. The summed E-state index contributed by atoms with van der Waals surface area (Å²) in [5.41, 5.74) is 0. The number of rotatable bonds is 8. The third kappa shape index (κ3) is 6.52. The number of carbonyl (C=O) groups excluding carboxylic acids is 2. The maximum atomic E-state index is 11.3. The highest BCUT2D eigenvalue weighted by Crippen LogP contribution is 1.99. The smallest absolute Gasteiger partial charge is 0.373 e. The summed E-state index contributed by atoms with van der Waals surface area (Å²) >= 11 is 0. The summed E-state index contributed by atoms with van der Waals surface area (Å²) in [6.07, 6.45) is 0.953. The van der Waals surface area contributed by atoms with Crippen LogP contribution in [0, 0.1) is 0 Å². The largest absolute Gasteiger partial charge is 0.458 e. The van der Waals surface area contributed by atoms with E-state index in [-0.39, 0.29) is 12.4 Å². The number of carbonyl (C=O) groups is 2. The van der Waals surface area contributed by atoms with Crippen molar-refractivity contribution in [3.63, 3.8) is 0 Å². The molecule has 0 saturated heterocycles. The van der Waals surface area contributed by atoms with Crippen molar-refractivity contribution in [1.29, 1.82) is 0 Å². The summed E-state index contributed by atoms with van der Waals surface area (Å²) < 4.78 is 9.42. The van der Waals surface area contributed by atoms with E-state index in [4.69, 9.17) is 4.74 Å². The molecule has 0 bridgehead atoms. The van der Waals surface area contributed by atoms with Crippen LogP contribution in [0.5, 0.6) is 0 Å². The summed E-state index contributed by atoms with van der Waals surface area (Å²) in [4.78, 5) is 24.2. The predicted molar refractivity (Wildman–Crippen MR) is 64.2 cm³/mol. The molecule has 0 aromatic rings. The fourth-order valence-corrected chi connectivity index (χ4v) is 1.09. The second-order valence-corrected chi connectivity index (χ2v) is 3.21. The topological polar surface area (TPSA) is 55.8 Å². The van der Waals surface area contributed by atoms with Gasteiger partial charge in [0.2, 0.25) is 5.76 Å². The summed E-state index contributed by atoms with van der Waals surface area (Å²) in [7, 11) is 0. The van der Waals surface area contributed by atoms with Crippen molar-refractivity contribution < 1.29 is 19.1 Å². The Balaban J connectivity index is 3.89. The van der Waals surface area contributed by atoms with Gasteiger partial charge in [0.25, 0.3) is 0 Å². The first kappa shape index (κ1) is 15.4. The van der Waals surface area contributed by atoms with E-state index >= 15 is 0 Å². The molecule has 17 heavy (non-hydrogen) atoms. The second kappa shape index (κ2) is 8.52. The van der Waals surface area contributed by atoms with Gasteiger partial charge in [-0.05, 0) is 19.7 Å². The highest BCUT2D eigenvalue weighted by Gasteiger charge is 2.13. The lowest BCUT2D eigenvalue weighted by Gasteiger charge is -2.17. The third-order valence-electron chi connectivity index (χ3n) is 2.15. The number of hydrogen-bond acceptors (Lipinski definition) is 5. The molecule has 0 aromatic carbocycles. The van der Waals surface area contributed by atoms with Crippen molar-refractivity contribution in [3.05, 3.63) is 25.0 Å². The first-order valence-corrected chi connectivity index (χ1v) is 5.47. The van der Waals surface area contributed by atoms with E-state index in [0.29, 0.717) is 6.54 Å². The molecule has 0 heterocycles. The van der Waals surface area contributed by atoms with Gasteiger partial charge in [0.15, 0.2) is 0 Å². The molecule has 0 spiro atoms. The lowest BCUT2D eigenvalue weighted by Crippen LogP contribution is -2.28. The standard InChI is InChI=1S/C12H19NO4/c1-5-11(14)17-10(4)12(15)16-9-8-13(6-2)7-3/h5H,1,4,6-9H2,2-3H3. The van der Waals surface area contributed by atoms with Crippen LogP contribution in [-0.4, -0.2) is 43.1 Å². The van der Waals surface area contributed by atoms with Crippen molar-refractivity contribution in [3.8, 4) is 0 Å². The van der Waals surface area contributed by atoms with Crippen LogP contribution in [-0.2, 0) is 19.1 Å². The van der Waals surface area contributed by atoms with Gasteiger partial charge in [-0.2, -0.15) is 0 Å². The lowest BCUT2D eigenvalue weighted by atomic mass is 10.5. The molecular formula is C12H19NO4. The minimum absolute atomic E-state index is 0.241. The number of nitrogens with zero attached hydrogens (tertiary/aromatic N) is 1. The fourth-order valence-electron chi connectivity index (χ4n) is 1.09. The summed E-state index contributed by atoms with van der Waals surface area (Å²) in [6, 6.07) is 0. The van der Waals surface area contributed by atoms with Crippen LogP contribution in [0.15, 0.2) is 25.0 Å². The minimum Gasteiger partial charge on any atom is -0.458 e. The number of hydrogen-bond donors (Lipinski definition) is 0. The normalized spacial score (nSPS) is 9.82. The number of ether oxygens (including phenoxy) is 2. The van der Waals surface area contributed by atoms with Gasteiger partial charge in [-0.15, -0.1) is 0 Å². The van der Waals surface area contributed by atoms with Crippen LogP contribution in [0.3, 0.4) is 0 Å². The van der Waals surface area contributed by atoms with Gasteiger partial charge >= 0.3 is 11.9 Å². The van der Waals surface area contributed by atoms with Gasteiger partial charge < -0.3 is 14.4 Å². The van der Waals surface area contributed by atoms with E-state index in [1.54, 1.807) is 0 Å². The molecule has 0 aliphatic carbocycles. The van der Waals surface area contributed by atoms with Crippen LogP contribution >= 0.6 is 0 Å². The zero-order valence-corrected chi connectivity index (χ0v) is 10.4. The lowest BCUT2D eigenvalue weighted by molar-refractivity contribution is -0.149. The molecule has 0 amide bonds. The van der Waals surface area contributed by atoms with E-state index in [1.807, 2.05) is 13.8 Å². The average molecular weight is 241 g/mol. The van der Waals surface area contributed by atoms with Gasteiger partial charge in [0.05, 0.1) is 0 Å². The molecule has 0 rings (SSSR count). The molecule has 0 saturated carbocycles. The highest BCUT2D eigenvalue weighted by atomic mass is 16.6. The highest BCUT2D eigenvalue weighted by molar-refractivity contribution is 5.91. The molecule has 0 N–H and O–H groups in total. The van der Waals surface area contributed by atoms with Gasteiger partial charge in [0, 0.05) is 12.6 Å². The Kier molecular flexibility index (Phi) is 7.71. The Labute approximate surface area is 102 Å². The van der Waals surface area contributed by atoms with Crippen LogP contribution in [0.4, 0.5) is 0 Å². The minimum atomic E-state index is -0.729. The van der Waals surface area contributed by atoms with Crippen molar-refractivity contribution in [1.82, 2.24) is 4.90 Å². The SMILES string of the molecule is C=CC(=O)OC(=C)C(=O)OCCN(CC)CC. The van der Waals surface area contributed by atoms with Crippen LogP contribution in [0.2, 0.25) is 0 Å². The molecule has 0 radical (unpaired) electrons. The van der Waals surface area contributed by atoms with E-state index in [0.717, 1.165) is 19.2 Å². The maximum absolute atomic E-state index is 11.3. The molecule has 0 atom stereocenters. The molecular weight excluding hydrogens is 222 g/mol. The van der Waals surface area contributed by atoms with Gasteiger partial charge in [-0.3, -0.25) is 0 Å². The summed E-state index contributed by atoms with van der Waals surface area (Å²) in [5.74, 6) is -1.78. The van der Waals surface area contributed by atoms with E-state index in [1.165, 1.54) is 0 Å². The Morgan fingerprint density at radius 2 is 1.88 bits per heavy atom. The molecule has 0 aliphatic heterocycles. The monoisotopic (exact) mass is 241 g/mol. The van der Waals surface area contributed by atoms with Crippen molar-refractivity contribution in [2.75, 3.05) is 26.2 Å². The third-order valence-corrected chi connectivity index (χ3v) is 2.15. The number of esters is 2. The van der Waals surface area contributed by atoms with Crippen molar-refractivity contribution >= 4 is 11.9 Å². The van der Waals surface area contributed by atoms with Crippen LogP contribution in [0.25, 0.3) is 0 Å². The first-order chi connectivity index (χ1) is 8.04. The van der Waals surface area contributed by atoms with Crippen LogP contribution < -0.4 is 0 Å². The van der Waals surface area contributed by atoms with E-state index in [2.05, 4.69) is 22.8 Å². The molecule has 0 aliphatic rings. The second-order valence-electron chi connectivity index (χ2n) is 3.21. The van der Waals surface area contributed by atoms with Gasteiger partial charge in [-0.25, -0.2) is 9.59 Å². The van der Waals surface area contributed by atoms with E-state index < -0.39 is 11.9 Å². The van der Waals surface area contributed by atoms with Gasteiger partial charge in [0.1, 0.15) is 6.61 Å². The predicted octanol–water partition coefficient (Wildman–Crippen LogP) is 1.11. The summed E-state index contributed by atoms with van der Waals surface area (Å²) in [5, 5.41) is 0. The maximum Gasteiger partial charge on any atom is 0.373 e. The van der Waals surface area contributed by atoms with E-state index in [9.17, 15) is 9.59 Å². The van der Waals surface area contributed by atoms with Crippen molar-refractivity contribution in [2.24, 2.45) is 0 Å². The molecule has 0 fully saturated rings. The quantitative estimate of drug-likeness (QED) is 0.362. The van der Waals surface area contributed by atoms with Crippen LogP contribution in [0.1, 0.15) is 13.8 Å². The average Bonchev–Trinajstić information content (AvgIpc) is 2.34. The molecule has 5 heteroatoms.